The summed E-state index contributed by atoms with van der Waals surface area (Å²) in [7, 11) is 0. The number of aliphatic hydroxyl groups is 1. The van der Waals surface area contributed by atoms with Crippen LogP contribution >= 0.6 is 0 Å². The Morgan fingerprint density at radius 2 is 2.20 bits per heavy atom. The van der Waals surface area contributed by atoms with Gasteiger partial charge in [-0.1, -0.05) is 19.9 Å². The molecule has 0 radical (unpaired) electrons. The lowest BCUT2D eigenvalue weighted by atomic mass is 9.99. The van der Waals surface area contributed by atoms with Gasteiger partial charge in [0.25, 0.3) is 0 Å². The van der Waals surface area contributed by atoms with E-state index in [4.69, 9.17) is 0 Å². The highest BCUT2D eigenvalue weighted by molar-refractivity contribution is 4.72. The molecule has 1 heteroatoms. The van der Waals surface area contributed by atoms with E-state index in [1.54, 1.807) is 0 Å². The minimum Gasteiger partial charge on any atom is -0.393 e. The second-order valence-corrected chi connectivity index (χ2v) is 2.93. The minimum atomic E-state index is -0.116. The molecule has 0 amide bonds. The van der Waals surface area contributed by atoms with Gasteiger partial charge in [0.2, 0.25) is 0 Å². The Hall–Kier alpha value is -0.300. The van der Waals surface area contributed by atoms with Crippen molar-refractivity contribution in [1.82, 2.24) is 0 Å². The van der Waals surface area contributed by atoms with Gasteiger partial charge < -0.3 is 5.11 Å². The van der Waals surface area contributed by atoms with E-state index in [0.717, 1.165) is 19.3 Å². The van der Waals surface area contributed by atoms with Gasteiger partial charge >= 0.3 is 0 Å². The van der Waals surface area contributed by atoms with Crippen molar-refractivity contribution in [2.24, 2.45) is 5.92 Å². The molecule has 0 aliphatic heterocycles. The lowest BCUT2D eigenvalue weighted by Crippen LogP contribution is -2.09. The molecule has 2 unspecified atom stereocenters. The van der Waals surface area contributed by atoms with Gasteiger partial charge in [-0.05, 0) is 25.2 Å². The highest BCUT2D eigenvalue weighted by atomic mass is 16.3. The van der Waals surface area contributed by atoms with Gasteiger partial charge in [0.15, 0.2) is 0 Å². The molecule has 10 heavy (non-hydrogen) atoms. The Balaban J connectivity index is 3.35. The zero-order valence-corrected chi connectivity index (χ0v) is 7.01. The van der Waals surface area contributed by atoms with Crippen LogP contribution in [0.25, 0.3) is 0 Å². The summed E-state index contributed by atoms with van der Waals surface area (Å²) in [6, 6.07) is 0. The molecule has 0 aromatic heterocycles. The molecule has 0 aromatic rings. The Morgan fingerprint density at radius 1 is 1.60 bits per heavy atom. The van der Waals surface area contributed by atoms with Crippen LogP contribution in [0.1, 0.15) is 33.1 Å². The third kappa shape index (κ3) is 4.57. The Labute approximate surface area is 63.8 Å². The topological polar surface area (TPSA) is 20.2 Å². The fourth-order valence-electron chi connectivity index (χ4n) is 1.01. The molecule has 0 rings (SSSR count). The summed E-state index contributed by atoms with van der Waals surface area (Å²) in [5, 5.41) is 9.22. The quantitative estimate of drug-likeness (QED) is 0.584. The Kier molecular flexibility index (Phi) is 5.32. The predicted molar refractivity (Wildman–Crippen MR) is 44.9 cm³/mol. The maximum atomic E-state index is 9.22. The third-order valence-electron chi connectivity index (χ3n) is 1.71. The van der Waals surface area contributed by atoms with Crippen LogP contribution < -0.4 is 0 Å². The van der Waals surface area contributed by atoms with Crippen LogP contribution in [0.4, 0.5) is 0 Å². The van der Waals surface area contributed by atoms with Gasteiger partial charge in [-0.25, -0.2) is 0 Å². The lowest BCUT2D eigenvalue weighted by molar-refractivity contribution is 0.142. The molecule has 0 aromatic carbocycles. The standard InChI is InChI=1S/C9H18O/c1-4-6-8(3)7-9(10)5-2/h4,8-10H,1,5-7H2,2-3H3. The first-order chi connectivity index (χ1) is 4.70. The van der Waals surface area contributed by atoms with Crippen molar-refractivity contribution in [3.8, 4) is 0 Å². The molecular weight excluding hydrogens is 124 g/mol. The van der Waals surface area contributed by atoms with Crippen LogP contribution in [0, 0.1) is 5.92 Å². The predicted octanol–water partition coefficient (Wildman–Crippen LogP) is 2.36. The van der Waals surface area contributed by atoms with Crippen LogP contribution in [-0.2, 0) is 0 Å². The number of aliphatic hydroxyl groups excluding tert-OH is 1. The molecule has 0 aliphatic rings. The summed E-state index contributed by atoms with van der Waals surface area (Å²) in [6.07, 6.45) is 4.57. The summed E-state index contributed by atoms with van der Waals surface area (Å²) in [5.74, 6) is 0.576. The molecule has 60 valence electrons. The van der Waals surface area contributed by atoms with E-state index < -0.39 is 0 Å². The first-order valence-electron chi connectivity index (χ1n) is 3.99. The maximum Gasteiger partial charge on any atom is 0.0540 e. The van der Waals surface area contributed by atoms with E-state index in [1.807, 2.05) is 13.0 Å². The second kappa shape index (κ2) is 5.48. The number of allylic oxidation sites excluding steroid dienone is 1. The smallest absolute Gasteiger partial charge is 0.0540 e. The molecule has 0 fully saturated rings. The Bertz CT molecular complexity index is 88.7. The van der Waals surface area contributed by atoms with Crippen molar-refractivity contribution in [3.05, 3.63) is 12.7 Å². The summed E-state index contributed by atoms with van der Waals surface area (Å²) < 4.78 is 0. The Morgan fingerprint density at radius 3 is 2.60 bits per heavy atom. The third-order valence-corrected chi connectivity index (χ3v) is 1.71. The molecule has 0 heterocycles. The summed E-state index contributed by atoms with van der Waals surface area (Å²) in [5.41, 5.74) is 0. The normalized spacial score (nSPS) is 16.3. The van der Waals surface area contributed by atoms with E-state index in [9.17, 15) is 5.11 Å². The highest BCUT2D eigenvalue weighted by Gasteiger charge is 2.05. The zero-order valence-electron chi connectivity index (χ0n) is 7.01. The van der Waals surface area contributed by atoms with E-state index in [0.29, 0.717) is 5.92 Å². The molecule has 0 aliphatic carbocycles. The van der Waals surface area contributed by atoms with E-state index >= 15 is 0 Å². The molecular formula is C9H18O. The molecule has 0 saturated heterocycles. The van der Waals surface area contributed by atoms with Gasteiger partial charge in [0.1, 0.15) is 0 Å². The van der Waals surface area contributed by atoms with Crippen molar-refractivity contribution in [2.75, 3.05) is 0 Å². The van der Waals surface area contributed by atoms with Crippen LogP contribution in [0.2, 0.25) is 0 Å². The summed E-state index contributed by atoms with van der Waals surface area (Å²) in [4.78, 5) is 0. The molecule has 1 N–H and O–H groups in total. The summed E-state index contributed by atoms with van der Waals surface area (Å²) in [6.45, 7) is 7.80. The molecule has 0 spiro atoms. The highest BCUT2D eigenvalue weighted by Crippen LogP contribution is 2.12. The van der Waals surface area contributed by atoms with Gasteiger partial charge in [0, 0.05) is 0 Å². The van der Waals surface area contributed by atoms with Crippen LogP contribution in [0.5, 0.6) is 0 Å². The number of rotatable bonds is 5. The van der Waals surface area contributed by atoms with E-state index in [-0.39, 0.29) is 6.10 Å². The van der Waals surface area contributed by atoms with E-state index in [1.165, 1.54) is 0 Å². The van der Waals surface area contributed by atoms with Gasteiger partial charge in [-0.15, -0.1) is 6.58 Å². The zero-order chi connectivity index (χ0) is 7.98. The van der Waals surface area contributed by atoms with Crippen molar-refractivity contribution in [2.45, 2.75) is 39.2 Å². The van der Waals surface area contributed by atoms with Crippen LogP contribution in [-0.4, -0.2) is 11.2 Å². The molecule has 1 nitrogen and oxygen atoms in total. The van der Waals surface area contributed by atoms with Gasteiger partial charge in [-0.3, -0.25) is 0 Å². The number of hydrogen-bond acceptors (Lipinski definition) is 1. The maximum absolute atomic E-state index is 9.22. The second-order valence-electron chi connectivity index (χ2n) is 2.93. The lowest BCUT2D eigenvalue weighted by Gasteiger charge is -2.12. The first-order valence-corrected chi connectivity index (χ1v) is 3.99. The van der Waals surface area contributed by atoms with Gasteiger partial charge in [0.05, 0.1) is 6.10 Å². The number of hydrogen-bond donors (Lipinski definition) is 1. The first kappa shape index (κ1) is 9.70. The van der Waals surface area contributed by atoms with Crippen molar-refractivity contribution >= 4 is 0 Å². The van der Waals surface area contributed by atoms with Crippen LogP contribution in [0.15, 0.2) is 12.7 Å². The average molecular weight is 142 g/mol. The van der Waals surface area contributed by atoms with Crippen molar-refractivity contribution in [1.29, 1.82) is 0 Å². The summed E-state index contributed by atoms with van der Waals surface area (Å²) >= 11 is 0. The largest absolute Gasteiger partial charge is 0.393 e. The minimum absolute atomic E-state index is 0.116. The molecule has 2 atom stereocenters. The SMILES string of the molecule is C=CCC(C)CC(O)CC. The monoisotopic (exact) mass is 142 g/mol. The van der Waals surface area contributed by atoms with Crippen molar-refractivity contribution < 1.29 is 5.11 Å². The fourth-order valence-corrected chi connectivity index (χ4v) is 1.01. The molecule has 0 saturated carbocycles. The molecule has 0 bridgehead atoms. The van der Waals surface area contributed by atoms with E-state index in [2.05, 4.69) is 13.5 Å². The van der Waals surface area contributed by atoms with Gasteiger partial charge in [-0.2, -0.15) is 0 Å². The van der Waals surface area contributed by atoms with Crippen molar-refractivity contribution in [3.63, 3.8) is 0 Å². The average Bonchev–Trinajstić information content (AvgIpc) is 1.88. The van der Waals surface area contributed by atoms with Crippen LogP contribution in [0.3, 0.4) is 0 Å². The fraction of sp³-hybridized carbons (Fsp3) is 0.778.